The molecule has 0 aromatic heterocycles. The molecule has 0 radical (unpaired) electrons. The second-order valence-corrected chi connectivity index (χ2v) is 3.11. The molecule has 0 aliphatic carbocycles. The largest absolute Gasteiger partial charge is 0.403 e. The number of nitrogens with two attached hydrogens (primary N) is 1. The minimum atomic E-state index is 0.557. The van der Waals surface area contributed by atoms with Crippen LogP contribution in [0.1, 0.15) is 0 Å². The van der Waals surface area contributed by atoms with Gasteiger partial charge >= 0.3 is 0 Å². The summed E-state index contributed by atoms with van der Waals surface area (Å²) in [5.74, 6) is 0. The Labute approximate surface area is 78.7 Å². The van der Waals surface area contributed by atoms with Crippen molar-refractivity contribution < 1.29 is 0 Å². The minimum Gasteiger partial charge on any atom is -0.403 e. The van der Waals surface area contributed by atoms with Gasteiger partial charge in [0.05, 0.1) is 5.70 Å². The summed E-state index contributed by atoms with van der Waals surface area (Å²) in [4.78, 5) is 2.21. The van der Waals surface area contributed by atoms with E-state index in [2.05, 4.69) is 17.4 Å². The highest BCUT2D eigenvalue weighted by atomic mass is 15.5. The highest BCUT2D eigenvalue weighted by Gasteiger charge is 2.16. The van der Waals surface area contributed by atoms with Gasteiger partial charge in [-0.15, -0.1) is 0 Å². The predicted octanol–water partition coefficient (Wildman–Crippen LogP) is -0.812. The number of hydrogen-bond donors (Lipinski definition) is 3. The van der Waals surface area contributed by atoms with E-state index in [1.165, 1.54) is 6.21 Å². The van der Waals surface area contributed by atoms with Crippen LogP contribution in [0.15, 0.2) is 11.9 Å². The third-order valence-corrected chi connectivity index (χ3v) is 2.06. The third-order valence-electron chi connectivity index (χ3n) is 2.06. The molecule has 5 nitrogen and oxygen atoms in total. The smallest absolute Gasteiger partial charge is 0.0589 e. The maximum atomic E-state index is 6.91. The molecule has 1 rings (SSSR count). The number of likely N-dealkylation sites (N-methyl/N-ethyl adjacent to an activating group) is 1. The fraction of sp³-hybridized carbons (Fsp3) is 0.625. The standard InChI is InChI=1S/C8H17N5/c1-12-4-5-13(11-3-2-9)8(6-10)7-12/h2,6,9,11H,3-5,7,10H2,1H3/b8-6-,9-2?. The van der Waals surface area contributed by atoms with Gasteiger partial charge in [-0.1, -0.05) is 0 Å². The molecule has 1 aliphatic heterocycles. The van der Waals surface area contributed by atoms with Gasteiger partial charge in [0.1, 0.15) is 0 Å². The van der Waals surface area contributed by atoms with E-state index in [0.29, 0.717) is 6.54 Å². The first-order chi connectivity index (χ1) is 6.27. The summed E-state index contributed by atoms with van der Waals surface area (Å²) in [6.07, 6.45) is 2.96. The number of rotatable bonds is 3. The molecule has 1 heterocycles. The van der Waals surface area contributed by atoms with Crippen LogP contribution in [0.2, 0.25) is 0 Å². The van der Waals surface area contributed by atoms with E-state index in [4.69, 9.17) is 11.1 Å². The Morgan fingerprint density at radius 3 is 3.00 bits per heavy atom. The molecule has 0 aromatic rings. The normalized spacial score (nSPS) is 22.2. The van der Waals surface area contributed by atoms with E-state index in [1.54, 1.807) is 6.20 Å². The molecule has 0 bridgehead atoms. The highest BCUT2D eigenvalue weighted by Crippen LogP contribution is 2.07. The summed E-state index contributed by atoms with van der Waals surface area (Å²) in [6.45, 7) is 3.35. The van der Waals surface area contributed by atoms with Crippen molar-refractivity contribution in [3.63, 3.8) is 0 Å². The number of hydrogen-bond acceptors (Lipinski definition) is 5. The molecule has 13 heavy (non-hydrogen) atoms. The van der Waals surface area contributed by atoms with Crippen molar-refractivity contribution in [2.24, 2.45) is 5.73 Å². The van der Waals surface area contributed by atoms with Crippen LogP contribution >= 0.6 is 0 Å². The molecule has 74 valence electrons. The maximum Gasteiger partial charge on any atom is 0.0589 e. The van der Waals surface area contributed by atoms with Crippen molar-refractivity contribution in [1.29, 1.82) is 5.41 Å². The summed E-state index contributed by atoms with van der Waals surface area (Å²) in [5.41, 5.74) is 9.67. The van der Waals surface area contributed by atoms with Gasteiger partial charge in [-0.3, -0.25) is 4.90 Å². The van der Waals surface area contributed by atoms with Crippen LogP contribution in [-0.2, 0) is 0 Å². The average molecular weight is 183 g/mol. The Morgan fingerprint density at radius 1 is 1.62 bits per heavy atom. The van der Waals surface area contributed by atoms with Crippen LogP contribution in [-0.4, -0.2) is 49.4 Å². The molecule has 5 heteroatoms. The van der Waals surface area contributed by atoms with Crippen LogP contribution in [0.3, 0.4) is 0 Å². The van der Waals surface area contributed by atoms with Gasteiger partial charge < -0.3 is 16.2 Å². The molecule has 4 N–H and O–H groups in total. The molecule has 0 atom stereocenters. The fourth-order valence-corrected chi connectivity index (χ4v) is 1.33. The lowest BCUT2D eigenvalue weighted by atomic mass is 10.3. The van der Waals surface area contributed by atoms with Crippen molar-refractivity contribution in [3.8, 4) is 0 Å². The van der Waals surface area contributed by atoms with Crippen LogP contribution in [0.4, 0.5) is 0 Å². The van der Waals surface area contributed by atoms with Crippen LogP contribution in [0.5, 0.6) is 0 Å². The molecule has 1 saturated heterocycles. The molecular weight excluding hydrogens is 166 g/mol. The van der Waals surface area contributed by atoms with Crippen LogP contribution in [0, 0.1) is 5.41 Å². The number of piperazine rings is 1. The summed E-state index contributed by atoms with van der Waals surface area (Å²) < 4.78 is 0. The number of nitrogens with zero attached hydrogens (tertiary/aromatic N) is 2. The molecule has 0 amide bonds. The zero-order valence-corrected chi connectivity index (χ0v) is 7.95. The first kappa shape index (κ1) is 10.0. The summed E-state index contributed by atoms with van der Waals surface area (Å²) in [6, 6.07) is 0. The predicted molar refractivity (Wildman–Crippen MR) is 53.3 cm³/mol. The van der Waals surface area contributed by atoms with Crippen LogP contribution in [0.25, 0.3) is 0 Å². The Balaban J connectivity index is 2.48. The molecule has 1 aliphatic rings. The average Bonchev–Trinajstić information content (AvgIpc) is 2.16. The van der Waals surface area contributed by atoms with Gasteiger partial charge in [0.15, 0.2) is 0 Å². The zero-order valence-electron chi connectivity index (χ0n) is 7.95. The third kappa shape index (κ3) is 2.71. The minimum absolute atomic E-state index is 0.557. The monoisotopic (exact) mass is 183 g/mol. The van der Waals surface area contributed by atoms with E-state index in [-0.39, 0.29) is 0 Å². The first-order valence-corrected chi connectivity index (χ1v) is 4.37. The molecule has 0 aromatic carbocycles. The molecule has 0 unspecified atom stereocenters. The van der Waals surface area contributed by atoms with E-state index in [1.807, 2.05) is 5.01 Å². The van der Waals surface area contributed by atoms with Crippen molar-refractivity contribution in [2.75, 3.05) is 33.2 Å². The van der Waals surface area contributed by atoms with Gasteiger partial charge in [0.2, 0.25) is 0 Å². The Kier molecular flexibility index (Phi) is 3.72. The van der Waals surface area contributed by atoms with Gasteiger partial charge in [0, 0.05) is 38.6 Å². The molecule has 0 saturated carbocycles. The fourth-order valence-electron chi connectivity index (χ4n) is 1.33. The Bertz CT molecular complexity index is 201. The molecular formula is C8H17N5. The van der Waals surface area contributed by atoms with E-state index >= 15 is 0 Å². The molecule has 0 spiro atoms. The zero-order chi connectivity index (χ0) is 9.68. The van der Waals surface area contributed by atoms with Crippen molar-refractivity contribution >= 4 is 6.21 Å². The topological polar surface area (TPSA) is 68.4 Å². The quantitative estimate of drug-likeness (QED) is 0.500. The van der Waals surface area contributed by atoms with Crippen LogP contribution < -0.4 is 11.2 Å². The van der Waals surface area contributed by atoms with Crippen molar-refractivity contribution in [2.45, 2.75) is 0 Å². The first-order valence-electron chi connectivity index (χ1n) is 4.37. The van der Waals surface area contributed by atoms with Gasteiger partial charge in [-0.25, -0.2) is 5.43 Å². The summed E-state index contributed by atoms with van der Waals surface area (Å²) in [7, 11) is 2.07. The SMILES string of the molecule is CN1CCN(NCC=N)/C(=C\N)C1. The highest BCUT2D eigenvalue weighted by molar-refractivity contribution is 5.55. The van der Waals surface area contributed by atoms with Crippen molar-refractivity contribution in [1.82, 2.24) is 15.3 Å². The number of nitrogens with one attached hydrogen (secondary N) is 2. The number of hydrazine groups is 1. The lowest BCUT2D eigenvalue weighted by Gasteiger charge is -2.35. The van der Waals surface area contributed by atoms with Gasteiger partial charge in [0.25, 0.3) is 0 Å². The maximum absolute atomic E-state index is 6.91. The summed E-state index contributed by atoms with van der Waals surface area (Å²) in [5, 5.41) is 8.91. The van der Waals surface area contributed by atoms with E-state index in [0.717, 1.165) is 25.3 Å². The van der Waals surface area contributed by atoms with E-state index in [9.17, 15) is 0 Å². The van der Waals surface area contributed by atoms with Crippen molar-refractivity contribution in [3.05, 3.63) is 11.9 Å². The summed E-state index contributed by atoms with van der Waals surface area (Å²) >= 11 is 0. The van der Waals surface area contributed by atoms with Gasteiger partial charge in [-0.05, 0) is 7.05 Å². The second-order valence-electron chi connectivity index (χ2n) is 3.11. The Morgan fingerprint density at radius 2 is 2.38 bits per heavy atom. The Hall–Kier alpha value is -1.07. The van der Waals surface area contributed by atoms with E-state index < -0.39 is 0 Å². The van der Waals surface area contributed by atoms with Gasteiger partial charge in [-0.2, -0.15) is 0 Å². The second kappa shape index (κ2) is 4.84. The molecule has 1 fully saturated rings. The lowest BCUT2D eigenvalue weighted by Crippen LogP contribution is -2.49. The lowest BCUT2D eigenvalue weighted by molar-refractivity contribution is 0.160.